The largest absolute Gasteiger partial charge is 0.497 e. The van der Waals surface area contributed by atoms with Crippen molar-refractivity contribution in [1.82, 2.24) is 15.5 Å². The van der Waals surface area contributed by atoms with Gasteiger partial charge in [-0.1, -0.05) is 12.1 Å². The summed E-state index contributed by atoms with van der Waals surface area (Å²) in [4.78, 5) is 8.53. The van der Waals surface area contributed by atoms with E-state index in [9.17, 15) is 0 Å². The molecule has 1 heterocycles. The minimum atomic E-state index is 0.548. The van der Waals surface area contributed by atoms with Crippen molar-refractivity contribution in [2.45, 2.75) is 13.5 Å². The van der Waals surface area contributed by atoms with E-state index in [1.54, 1.807) is 20.4 Å². The summed E-state index contributed by atoms with van der Waals surface area (Å²) in [5, 5.41) is 13.0. The van der Waals surface area contributed by atoms with Gasteiger partial charge in [0.05, 0.1) is 13.3 Å². The summed E-state index contributed by atoms with van der Waals surface area (Å²) in [6.07, 6.45) is 1.67. The second-order valence-corrected chi connectivity index (χ2v) is 4.54. The molecule has 0 aliphatic heterocycles. The molecule has 7 nitrogen and oxygen atoms in total. The van der Waals surface area contributed by atoms with Crippen molar-refractivity contribution in [3.63, 3.8) is 0 Å². The maximum atomic E-state index is 5.21. The monoisotopic (exact) mass is 300 g/mol. The zero-order chi connectivity index (χ0) is 15.8. The van der Waals surface area contributed by atoms with Crippen LogP contribution in [0.25, 0.3) is 0 Å². The van der Waals surface area contributed by atoms with Crippen LogP contribution >= 0.6 is 0 Å². The molecule has 0 bridgehead atoms. The number of benzene rings is 1. The number of aromatic nitrogens is 2. The van der Waals surface area contributed by atoms with Gasteiger partial charge in [0.1, 0.15) is 17.4 Å². The Morgan fingerprint density at radius 2 is 2.23 bits per heavy atom. The highest BCUT2D eigenvalue weighted by molar-refractivity contribution is 6.01. The van der Waals surface area contributed by atoms with Crippen LogP contribution in [0.2, 0.25) is 0 Å². The first-order valence-corrected chi connectivity index (χ1v) is 6.86. The van der Waals surface area contributed by atoms with Crippen molar-refractivity contribution < 1.29 is 4.74 Å². The smallest absolute Gasteiger partial charge is 0.219 e. The summed E-state index contributed by atoms with van der Waals surface area (Å²) < 4.78 is 5.21. The fourth-order valence-corrected chi connectivity index (χ4v) is 1.84. The van der Waals surface area contributed by atoms with E-state index in [1.807, 2.05) is 37.3 Å². The number of ether oxygens (including phenoxy) is 1. The average Bonchev–Trinajstić information content (AvgIpc) is 3.04. The van der Waals surface area contributed by atoms with E-state index in [2.05, 4.69) is 30.8 Å². The fraction of sp³-hybridized carbons (Fsp3) is 0.267. The van der Waals surface area contributed by atoms with Gasteiger partial charge in [0.15, 0.2) is 0 Å². The Kier molecular flexibility index (Phi) is 5.53. The molecule has 3 N–H and O–H groups in total. The summed E-state index contributed by atoms with van der Waals surface area (Å²) in [6.45, 7) is 2.48. The Morgan fingerprint density at radius 1 is 1.36 bits per heavy atom. The SMILES string of the molecule is CN=C(/N=C(\C)Nc1ccn[nH]1)NCc1cccc(OC)c1. The van der Waals surface area contributed by atoms with Gasteiger partial charge in [-0.15, -0.1) is 0 Å². The van der Waals surface area contributed by atoms with Crippen LogP contribution in [-0.2, 0) is 6.54 Å². The van der Waals surface area contributed by atoms with E-state index in [1.165, 1.54) is 0 Å². The van der Waals surface area contributed by atoms with Crippen LogP contribution in [0, 0.1) is 0 Å². The van der Waals surface area contributed by atoms with Crippen LogP contribution in [0.5, 0.6) is 5.75 Å². The topological polar surface area (TPSA) is 86.7 Å². The highest BCUT2D eigenvalue weighted by Crippen LogP contribution is 2.12. The molecule has 0 atom stereocenters. The third-order valence-electron chi connectivity index (χ3n) is 2.89. The maximum absolute atomic E-state index is 5.21. The second-order valence-electron chi connectivity index (χ2n) is 4.54. The minimum absolute atomic E-state index is 0.548. The molecule has 0 fully saturated rings. The molecule has 116 valence electrons. The summed E-state index contributed by atoms with van der Waals surface area (Å²) >= 11 is 0. The first-order valence-electron chi connectivity index (χ1n) is 6.86. The number of rotatable bonds is 4. The molecule has 1 aromatic heterocycles. The number of amidine groups is 1. The van der Waals surface area contributed by atoms with E-state index in [0.29, 0.717) is 18.3 Å². The van der Waals surface area contributed by atoms with Gasteiger partial charge in [0.25, 0.3) is 0 Å². The van der Waals surface area contributed by atoms with E-state index < -0.39 is 0 Å². The van der Waals surface area contributed by atoms with Crippen LogP contribution in [-0.4, -0.2) is 36.2 Å². The maximum Gasteiger partial charge on any atom is 0.219 e. The number of anilines is 1. The number of nitrogens with one attached hydrogen (secondary N) is 3. The summed E-state index contributed by atoms with van der Waals surface area (Å²) in [5.74, 6) is 2.87. The van der Waals surface area contributed by atoms with E-state index >= 15 is 0 Å². The third kappa shape index (κ3) is 4.62. The minimum Gasteiger partial charge on any atom is -0.497 e. The van der Waals surface area contributed by atoms with Gasteiger partial charge in [-0.3, -0.25) is 10.1 Å². The number of nitrogens with zero attached hydrogens (tertiary/aromatic N) is 3. The lowest BCUT2D eigenvalue weighted by atomic mass is 10.2. The van der Waals surface area contributed by atoms with Gasteiger partial charge in [-0.05, 0) is 24.6 Å². The van der Waals surface area contributed by atoms with Gasteiger partial charge >= 0.3 is 0 Å². The molecule has 2 aromatic rings. The van der Waals surface area contributed by atoms with Gasteiger partial charge in [-0.25, -0.2) is 4.99 Å². The Bertz CT molecular complexity index is 648. The average molecular weight is 300 g/mol. The number of aliphatic imine (C=N–C) groups is 2. The fourth-order valence-electron chi connectivity index (χ4n) is 1.84. The zero-order valence-corrected chi connectivity index (χ0v) is 12.9. The zero-order valence-electron chi connectivity index (χ0n) is 12.9. The number of hydrogen-bond donors (Lipinski definition) is 3. The number of aromatic amines is 1. The molecule has 0 saturated carbocycles. The normalized spacial score (nSPS) is 12.1. The van der Waals surface area contributed by atoms with Crippen LogP contribution in [0.1, 0.15) is 12.5 Å². The Balaban J connectivity index is 1.94. The predicted octanol–water partition coefficient (Wildman–Crippen LogP) is 2.02. The van der Waals surface area contributed by atoms with Crippen molar-refractivity contribution in [3.8, 4) is 5.75 Å². The van der Waals surface area contributed by atoms with E-state index in [0.717, 1.165) is 17.1 Å². The van der Waals surface area contributed by atoms with Gasteiger partial charge in [0.2, 0.25) is 5.96 Å². The summed E-state index contributed by atoms with van der Waals surface area (Å²) in [5.41, 5.74) is 1.09. The molecule has 0 radical (unpaired) electrons. The van der Waals surface area contributed by atoms with E-state index in [4.69, 9.17) is 4.74 Å². The molecule has 0 amide bonds. The molecular weight excluding hydrogens is 280 g/mol. The molecule has 1 aromatic carbocycles. The first kappa shape index (κ1) is 15.6. The molecule has 0 unspecified atom stereocenters. The molecule has 0 aliphatic rings. The lowest BCUT2D eigenvalue weighted by Gasteiger charge is -2.08. The first-order chi connectivity index (χ1) is 10.7. The van der Waals surface area contributed by atoms with Gasteiger partial charge < -0.3 is 15.4 Å². The van der Waals surface area contributed by atoms with Crippen molar-refractivity contribution in [2.24, 2.45) is 9.98 Å². The highest BCUT2D eigenvalue weighted by Gasteiger charge is 2.01. The third-order valence-corrected chi connectivity index (χ3v) is 2.89. The summed E-state index contributed by atoms with van der Waals surface area (Å²) in [6, 6.07) is 9.68. The predicted molar refractivity (Wildman–Crippen MR) is 88.5 cm³/mol. The lowest BCUT2D eigenvalue weighted by molar-refractivity contribution is 0.414. The quantitative estimate of drug-likeness (QED) is 0.595. The van der Waals surface area contributed by atoms with Crippen LogP contribution in [0.4, 0.5) is 5.82 Å². The molecule has 2 rings (SSSR count). The Hall–Kier alpha value is -2.83. The van der Waals surface area contributed by atoms with Crippen LogP contribution < -0.4 is 15.4 Å². The van der Waals surface area contributed by atoms with Crippen molar-refractivity contribution in [1.29, 1.82) is 0 Å². The van der Waals surface area contributed by atoms with Crippen molar-refractivity contribution in [3.05, 3.63) is 42.1 Å². The van der Waals surface area contributed by atoms with Crippen LogP contribution in [0.3, 0.4) is 0 Å². The molecule has 0 saturated heterocycles. The molecular formula is C15H20N6O. The number of guanidine groups is 1. The summed E-state index contributed by atoms with van der Waals surface area (Å²) in [7, 11) is 3.35. The molecule has 0 spiro atoms. The molecule has 22 heavy (non-hydrogen) atoms. The number of hydrogen-bond acceptors (Lipinski definition) is 3. The highest BCUT2D eigenvalue weighted by atomic mass is 16.5. The Labute approximate surface area is 129 Å². The van der Waals surface area contributed by atoms with Crippen molar-refractivity contribution in [2.75, 3.05) is 19.5 Å². The molecule has 7 heteroatoms. The Morgan fingerprint density at radius 3 is 2.91 bits per heavy atom. The van der Waals surface area contributed by atoms with Gasteiger partial charge in [0, 0.05) is 19.7 Å². The van der Waals surface area contributed by atoms with Gasteiger partial charge in [-0.2, -0.15) is 5.10 Å². The van der Waals surface area contributed by atoms with Crippen LogP contribution in [0.15, 0.2) is 46.5 Å². The number of methoxy groups -OCH3 is 1. The lowest BCUT2D eigenvalue weighted by Crippen LogP contribution is -2.23. The van der Waals surface area contributed by atoms with Crippen molar-refractivity contribution >= 4 is 17.6 Å². The number of H-pyrrole nitrogens is 1. The standard InChI is InChI=1S/C15H20N6O/c1-11(19-14-7-8-18-21-14)20-15(16-2)17-10-12-5-4-6-13(9-12)22-3/h4-9H,10H2,1-3H3,(H3,16,17,18,19,20,21). The molecule has 0 aliphatic carbocycles. The second kappa shape index (κ2) is 7.82. The van der Waals surface area contributed by atoms with E-state index in [-0.39, 0.29) is 0 Å².